The van der Waals surface area contributed by atoms with Gasteiger partial charge >= 0.3 is 0 Å². The van der Waals surface area contributed by atoms with Gasteiger partial charge in [-0.1, -0.05) is 6.92 Å². The number of ether oxygens (including phenoxy) is 1. The van der Waals surface area contributed by atoms with Gasteiger partial charge in [-0.15, -0.1) is 0 Å². The van der Waals surface area contributed by atoms with Gasteiger partial charge in [-0.2, -0.15) is 5.26 Å². The first kappa shape index (κ1) is 15.9. The van der Waals surface area contributed by atoms with Crippen LogP contribution in [0.1, 0.15) is 31.9 Å². The molecule has 4 heterocycles. The van der Waals surface area contributed by atoms with E-state index in [0.29, 0.717) is 11.4 Å². The Hall–Kier alpha value is -2.65. The van der Waals surface area contributed by atoms with Crippen LogP contribution in [0, 0.1) is 11.3 Å². The average Bonchev–Trinajstić information content (AvgIpc) is 3.03. The average molecular weight is 335 g/mol. The zero-order valence-electron chi connectivity index (χ0n) is 14.3. The lowest BCUT2D eigenvalue weighted by atomic mass is 10.1. The molecule has 0 saturated carbocycles. The molecule has 0 radical (unpaired) electrons. The number of fused-ring (bicyclic) bond motifs is 3. The van der Waals surface area contributed by atoms with Gasteiger partial charge in [0.25, 0.3) is 0 Å². The Kier molecular flexibility index (Phi) is 4.24. The number of nitrogens with zero attached hydrogens (tertiary/aromatic N) is 4. The van der Waals surface area contributed by atoms with E-state index in [4.69, 9.17) is 4.74 Å². The van der Waals surface area contributed by atoms with Crippen LogP contribution in [-0.4, -0.2) is 45.6 Å². The third-order valence-electron chi connectivity index (χ3n) is 4.83. The van der Waals surface area contributed by atoms with Crippen LogP contribution >= 0.6 is 0 Å². The number of aromatic amines is 1. The zero-order chi connectivity index (χ0) is 17.2. The highest BCUT2D eigenvalue weighted by Gasteiger charge is 2.23. The van der Waals surface area contributed by atoms with Crippen LogP contribution in [0.5, 0.6) is 5.75 Å². The third kappa shape index (κ3) is 2.92. The lowest BCUT2D eigenvalue weighted by Gasteiger charge is -2.32. The second kappa shape index (κ2) is 6.69. The van der Waals surface area contributed by atoms with Crippen molar-refractivity contribution in [3.8, 4) is 11.8 Å². The molecule has 6 nitrogen and oxygen atoms in total. The monoisotopic (exact) mass is 335 g/mol. The summed E-state index contributed by atoms with van der Waals surface area (Å²) in [6, 6.07) is 6.08. The van der Waals surface area contributed by atoms with E-state index in [0.717, 1.165) is 54.4 Å². The van der Waals surface area contributed by atoms with Gasteiger partial charge in [-0.3, -0.25) is 0 Å². The van der Waals surface area contributed by atoms with Gasteiger partial charge in [0.05, 0.1) is 17.1 Å². The summed E-state index contributed by atoms with van der Waals surface area (Å²) in [6.45, 7) is 5.43. The number of nitrogens with one attached hydrogen (secondary N) is 1. The minimum absolute atomic E-state index is 0.120. The number of piperidine rings is 1. The smallest absolute Gasteiger partial charge is 0.183 e. The fourth-order valence-electron chi connectivity index (χ4n) is 3.62. The van der Waals surface area contributed by atoms with E-state index in [9.17, 15) is 5.26 Å². The third-order valence-corrected chi connectivity index (χ3v) is 4.83. The van der Waals surface area contributed by atoms with Crippen molar-refractivity contribution in [2.75, 3.05) is 19.6 Å². The first-order chi connectivity index (χ1) is 12.3. The van der Waals surface area contributed by atoms with E-state index in [2.05, 4.69) is 32.8 Å². The van der Waals surface area contributed by atoms with Crippen molar-refractivity contribution in [2.24, 2.45) is 0 Å². The molecule has 1 aliphatic heterocycles. The standard InChI is InChI=1S/C19H21N5O/c1-2-8-24-9-5-13(6-10-24)25-18-15(11-20)22-12-16-17(18)14-4-3-7-21-19(14)23-16/h3-4,7,12-13H,2,5-6,8-10H2,1H3,(H,21,23). The van der Waals surface area contributed by atoms with Crippen molar-refractivity contribution in [3.63, 3.8) is 0 Å². The van der Waals surface area contributed by atoms with Gasteiger partial charge in [0, 0.05) is 24.7 Å². The first-order valence-corrected chi connectivity index (χ1v) is 8.84. The molecule has 0 atom stereocenters. The number of aromatic nitrogens is 3. The molecule has 3 aromatic heterocycles. The van der Waals surface area contributed by atoms with Crippen molar-refractivity contribution >= 4 is 21.9 Å². The second-order valence-electron chi connectivity index (χ2n) is 6.52. The number of hydrogen-bond donors (Lipinski definition) is 1. The molecule has 128 valence electrons. The van der Waals surface area contributed by atoms with Crippen LogP contribution in [0.15, 0.2) is 24.5 Å². The van der Waals surface area contributed by atoms with Crippen molar-refractivity contribution in [2.45, 2.75) is 32.3 Å². The summed E-state index contributed by atoms with van der Waals surface area (Å²) in [6.07, 6.45) is 6.68. The lowest BCUT2D eigenvalue weighted by molar-refractivity contribution is 0.101. The van der Waals surface area contributed by atoms with Crippen LogP contribution in [0.3, 0.4) is 0 Å². The summed E-state index contributed by atoms with van der Waals surface area (Å²) in [7, 11) is 0. The molecule has 25 heavy (non-hydrogen) atoms. The summed E-state index contributed by atoms with van der Waals surface area (Å²) < 4.78 is 6.32. The van der Waals surface area contributed by atoms with Gasteiger partial charge in [-0.25, -0.2) is 9.97 Å². The Labute approximate surface area is 146 Å². The molecule has 1 fully saturated rings. The summed E-state index contributed by atoms with van der Waals surface area (Å²) in [4.78, 5) is 14.4. The predicted octanol–water partition coefficient (Wildman–Crippen LogP) is 3.24. The van der Waals surface area contributed by atoms with E-state index >= 15 is 0 Å². The van der Waals surface area contributed by atoms with Crippen LogP contribution in [0.2, 0.25) is 0 Å². The highest BCUT2D eigenvalue weighted by molar-refractivity contribution is 6.09. The van der Waals surface area contributed by atoms with Gasteiger partial charge in [-0.05, 0) is 37.9 Å². The molecule has 1 aliphatic rings. The summed E-state index contributed by atoms with van der Waals surface area (Å²) >= 11 is 0. The van der Waals surface area contributed by atoms with E-state index < -0.39 is 0 Å². The molecular formula is C19H21N5O. The molecular weight excluding hydrogens is 314 g/mol. The number of likely N-dealkylation sites (tertiary alicyclic amines) is 1. The Morgan fingerprint density at radius 3 is 2.96 bits per heavy atom. The number of rotatable bonds is 4. The highest BCUT2D eigenvalue weighted by Crippen LogP contribution is 2.35. The van der Waals surface area contributed by atoms with Crippen molar-refractivity contribution < 1.29 is 4.74 Å². The quantitative estimate of drug-likeness (QED) is 0.792. The SMILES string of the molecule is CCCN1CCC(Oc2c(C#N)ncc3[nH]c4ncccc4c23)CC1. The Bertz CT molecular complexity index is 934. The molecule has 0 unspecified atom stereocenters. The van der Waals surface area contributed by atoms with E-state index in [-0.39, 0.29) is 6.10 Å². The molecule has 4 rings (SSSR count). The minimum atomic E-state index is 0.120. The molecule has 0 amide bonds. The van der Waals surface area contributed by atoms with Crippen LogP contribution in [0.25, 0.3) is 21.9 Å². The van der Waals surface area contributed by atoms with Crippen molar-refractivity contribution in [3.05, 3.63) is 30.2 Å². The molecule has 6 heteroatoms. The Morgan fingerprint density at radius 1 is 1.36 bits per heavy atom. The van der Waals surface area contributed by atoms with Gasteiger partial charge in [0.2, 0.25) is 0 Å². The molecule has 0 bridgehead atoms. The number of H-pyrrole nitrogens is 1. The normalized spacial score (nSPS) is 16.3. The summed E-state index contributed by atoms with van der Waals surface area (Å²) in [5.74, 6) is 0.591. The lowest BCUT2D eigenvalue weighted by Crippen LogP contribution is -2.38. The topological polar surface area (TPSA) is 77.8 Å². The molecule has 0 aliphatic carbocycles. The van der Waals surface area contributed by atoms with Crippen LogP contribution < -0.4 is 4.74 Å². The maximum absolute atomic E-state index is 9.50. The van der Waals surface area contributed by atoms with E-state index in [1.807, 2.05) is 12.1 Å². The number of pyridine rings is 2. The maximum Gasteiger partial charge on any atom is 0.183 e. The number of nitriles is 1. The van der Waals surface area contributed by atoms with Gasteiger partial charge in [0.1, 0.15) is 17.8 Å². The fourth-order valence-corrected chi connectivity index (χ4v) is 3.62. The summed E-state index contributed by atoms with van der Waals surface area (Å²) in [5, 5.41) is 11.4. The first-order valence-electron chi connectivity index (χ1n) is 8.84. The molecule has 3 aromatic rings. The van der Waals surface area contributed by atoms with Gasteiger partial charge < -0.3 is 14.6 Å². The molecule has 0 aromatic carbocycles. The van der Waals surface area contributed by atoms with Crippen LogP contribution in [0.4, 0.5) is 0 Å². The minimum Gasteiger partial charge on any atom is -0.487 e. The van der Waals surface area contributed by atoms with Crippen molar-refractivity contribution in [1.82, 2.24) is 19.9 Å². The fraction of sp³-hybridized carbons (Fsp3) is 0.421. The molecule has 1 saturated heterocycles. The van der Waals surface area contributed by atoms with E-state index in [1.54, 1.807) is 12.4 Å². The van der Waals surface area contributed by atoms with Crippen LogP contribution in [-0.2, 0) is 0 Å². The Balaban J connectivity index is 1.70. The van der Waals surface area contributed by atoms with E-state index in [1.165, 1.54) is 6.42 Å². The second-order valence-corrected chi connectivity index (χ2v) is 6.52. The van der Waals surface area contributed by atoms with Crippen molar-refractivity contribution in [1.29, 1.82) is 5.26 Å². The molecule has 0 spiro atoms. The highest BCUT2D eigenvalue weighted by atomic mass is 16.5. The largest absolute Gasteiger partial charge is 0.487 e. The van der Waals surface area contributed by atoms with Gasteiger partial charge in [0.15, 0.2) is 11.4 Å². The Morgan fingerprint density at radius 2 is 2.20 bits per heavy atom. The predicted molar refractivity (Wildman–Crippen MR) is 96.5 cm³/mol. The maximum atomic E-state index is 9.50. The summed E-state index contributed by atoms with van der Waals surface area (Å²) in [5.41, 5.74) is 1.98. The molecule has 1 N–H and O–H groups in total. The zero-order valence-corrected chi connectivity index (χ0v) is 14.3. The number of hydrogen-bond acceptors (Lipinski definition) is 5.